The van der Waals surface area contributed by atoms with Gasteiger partial charge < -0.3 is 0 Å². The van der Waals surface area contributed by atoms with Crippen molar-refractivity contribution in [1.29, 1.82) is 0 Å². The molecule has 3 aromatic carbocycles. The van der Waals surface area contributed by atoms with Gasteiger partial charge in [-0.3, -0.25) is 0 Å². The van der Waals surface area contributed by atoms with E-state index in [0.29, 0.717) is 11.3 Å². The van der Waals surface area contributed by atoms with E-state index in [1.807, 2.05) is 0 Å². The maximum atomic E-state index is 2.52. The topological polar surface area (TPSA) is 3.88 Å². The zero-order chi connectivity index (χ0) is 25.5. The van der Waals surface area contributed by atoms with Crippen LogP contribution in [0.15, 0.2) is 72.9 Å². The number of hydrogen-bond donors (Lipinski definition) is 0. The Bertz CT molecular complexity index is 1360. The normalized spacial score (nSPS) is 12.5. The molecule has 2 heteroatoms. The predicted octanol–water partition coefficient (Wildman–Crippen LogP) is 8.39. The maximum Gasteiger partial charge on any atom is 0.220 e. The number of benzene rings is 3. The summed E-state index contributed by atoms with van der Waals surface area (Å²) in [5.41, 5.74) is 8.37. The average molecular weight is 481 g/mol. The highest BCUT2D eigenvalue weighted by Gasteiger charge is 2.30. The number of fused-ring (bicyclic) bond motifs is 1. The lowest BCUT2D eigenvalue weighted by molar-refractivity contribution is -0.659. The Hall–Kier alpha value is -2.71. The van der Waals surface area contributed by atoms with Crippen molar-refractivity contribution in [1.82, 2.24) is 0 Å². The van der Waals surface area contributed by atoms with E-state index in [9.17, 15) is 0 Å². The zero-order valence-corrected chi connectivity index (χ0v) is 24.2. The number of aryl methyl sites for hydroxylation is 1. The second-order valence-electron chi connectivity index (χ2n) is 12.5. The zero-order valence-electron chi connectivity index (χ0n) is 23.2. The van der Waals surface area contributed by atoms with Gasteiger partial charge in [-0.15, -0.1) is 0 Å². The van der Waals surface area contributed by atoms with Gasteiger partial charge in [-0.25, -0.2) is 4.57 Å². The second-order valence-corrected chi connectivity index (χ2v) is 17.2. The quantitative estimate of drug-likeness (QED) is 0.199. The Morgan fingerprint density at radius 2 is 1.54 bits per heavy atom. The van der Waals surface area contributed by atoms with E-state index in [1.54, 1.807) is 5.19 Å². The van der Waals surface area contributed by atoms with Crippen LogP contribution in [0.25, 0.3) is 33.2 Å². The molecule has 0 bridgehead atoms. The highest BCUT2D eigenvalue weighted by Crippen LogP contribution is 2.36. The third-order valence-corrected chi connectivity index (χ3v) is 11.1. The van der Waals surface area contributed by atoms with Crippen LogP contribution in [0, 0.1) is 12.3 Å². The van der Waals surface area contributed by atoms with E-state index in [0.717, 1.165) is 0 Å². The summed E-state index contributed by atoms with van der Waals surface area (Å²) < 4.78 is 2.31. The minimum absolute atomic E-state index is 0.348. The summed E-state index contributed by atoms with van der Waals surface area (Å²) in [5.74, 6) is 0.466. The molecule has 0 spiro atoms. The van der Waals surface area contributed by atoms with Crippen LogP contribution in [-0.4, -0.2) is 8.07 Å². The van der Waals surface area contributed by atoms with Gasteiger partial charge in [0.1, 0.15) is 7.05 Å². The molecule has 1 heterocycles. The van der Waals surface area contributed by atoms with Gasteiger partial charge in [0.25, 0.3) is 0 Å². The van der Waals surface area contributed by atoms with Crippen molar-refractivity contribution in [2.75, 3.05) is 0 Å². The van der Waals surface area contributed by atoms with E-state index in [2.05, 4.69) is 139 Å². The number of rotatable bonds is 5. The lowest BCUT2D eigenvalue weighted by Crippen LogP contribution is -2.44. The molecule has 35 heavy (non-hydrogen) atoms. The van der Waals surface area contributed by atoms with Crippen molar-refractivity contribution < 1.29 is 4.57 Å². The summed E-state index contributed by atoms with van der Waals surface area (Å²) in [6.45, 7) is 19.1. The summed E-state index contributed by atoms with van der Waals surface area (Å²) in [4.78, 5) is 0. The van der Waals surface area contributed by atoms with Crippen molar-refractivity contribution in [3.63, 3.8) is 0 Å². The standard InChI is InChI=1S/C33H42NSi/c1-23(2)30-20-27(25-13-11-10-12-14-25)21-31(24(30)3)32-29-16-15-28(19-26(29)17-18-34(32)7)35(8,9)22-33(4,5)6/h10-21,23H,22H2,1-9H3/q+1. The van der Waals surface area contributed by atoms with Crippen LogP contribution in [0.3, 0.4) is 0 Å². The molecule has 0 saturated carbocycles. The van der Waals surface area contributed by atoms with Crippen LogP contribution in [0.4, 0.5) is 0 Å². The molecule has 0 N–H and O–H groups in total. The molecule has 0 aliphatic heterocycles. The van der Waals surface area contributed by atoms with Gasteiger partial charge in [-0.05, 0) is 64.1 Å². The highest BCUT2D eigenvalue weighted by molar-refractivity contribution is 6.90. The molecular formula is C33H42NSi+. The molecule has 1 aromatic heterocycles. The summed E-state index contributed by atoms with van der Waals surface area (Å²) in [5, 5.41) is 4.24. The average Bonchev–Trinajstić information content (AvgIpc) is 2.78. The van der Waals surface area contributed by atoms with Crippen molar-refractivity contribution >= 4 is 24.0 Å². The number of aromatic nitrogens is 1. The van der Waals surface area contributed by atoms with Crippen molar-refractivity contribution in [2.24, 2.45) is 12.5 Å². The van der Waals surface area contributed by atoms with Crippen LogP contribution >= 0.6 is 0 Å². The van der Waals surface area contributed by atoms with Crippen LogP contribution in [0.5, 0.6) is 0 Å². The van der Waals surface area contributed by atoms with Gasteiger partial charge >= 0.3 is 0 Å². The molecular weight excluding hydrogens is 438 g/mol. The molecule has 182 valence electrons. The Labute approximate surface area is 213 Å². The molecule has 0 fully saturated rings. The first-order chi connectivity index (χ1) is 16.4. The molecule has 0 aliphatic rings. The van der Waals surface area contributed by atoms with Gasteiger partial charge in [-0.1, -0.05) is 101 Å². The van der Waals surface area contributed by atoms with E-state index < -0.39 is 8.07 Å². The lowest BCUT2D eigenvalue weighted by atomic mass is 9.87. The molecule has 4 aromatic rings. The summed E-state index contributed by atoms with van der Waals surface area (Å²) in [7, 11) is 0.648. The minimum atomic E-state index is -1.54. The largest absolute Gasteiger partial charge is 0.220 e. The van der Waals surface area contributed by atoms with Crippen LogP contribution in [0.1, 0.15) is 51.7 Å². The molecule has 0 atom stereocenters. The van der Waals surface area contributed by atoms with E-state index in [1.165, 1.54) is 50.3 Å². The monoisotopic (exact) mass is 480 g/mol. The van der Waals surface area contributed by atoms with Gasteiger partial charge in [0, 0.05) is 6.07 Å². The van der Waals surface area contributed by atoms with Crippen molar-refractivity contribution in [2.45, 2.75) is 66.6 Å². The smallest absolute Gasteiger partial charge is 0.200 e. The minimum Gasteiger partial charge on any atom is -0.200 e. The first-order valence-corrected chi connectivity index (χ1v) is 16.2. The fourth-order valence-corrected chi connectivity index (χ4v) is 9.87. The number of nitrogens with zero attached hydrogens (tertiary/aromatic N) is 1. The number of pyridine rings is 1. The van der Waals surface area contributed by atoms with Crippen molar-refractivity contribution in [3.05, 3.63) is 84.1 Å². The summed E-state index contributed by atoms with van der Waals surface area (Å²) in [6, 6.07) is 26.5. The summed E-state index contributed by atoms with van der Waals surface area (Å²) in [6.07, 6.45) is 2.24. The lowest BCUT2D eigenvalue weighted by Gasteiger charge is -2.31. The molecule has 1 nitrogen and oxygen atoms in total. The second kappa shape index (κ2) is 9.39. The van der Waals surface area contributed by atoms with Crippen LogP contribution in [0.2, 0.25) is 19.1 Å². The Kier molecular flexibility index (Phi) is 6.81. The van der Waals surface area contributed by atoms with Crippen LogP contribution < -0.4 is 9.75 Å². The maximum absolute atomic E-state index is 2.52. The van der Waals surface area contributed by atoms with E-state index >= 15 is 0 Å². The molecule has 0 radical (unpaired) electrons. The third kappa shape index (κ3) is 5.28. The SMILES string of the molecule is Cc1c(-c2c3ccc([Si](C)(C)CC(C)(C)C)cc3cc[n+]2C)cc(-c2ccccc2)cc1C(C)C. The van der Waals surface area contributed by atoms with Crippen molar-refractivity contribution in [3.8, 4) is 22.4 Å². The first-order valence-electron chi connectivity index (χ1n) is 13.0. The number of hydrogen-bond acceptors (Lipinski definition) is 0. The highest BCUT2D eigenvalue weighted by atomic mass is 28.3. The molecule has 0 aliphatic carbocycles. The Morgan fingerprint density at radius 3 is 2.17 bits per heavy atom. The molecule has 0 amide bonds. The predicted molar refractivity (Wildman–Crippen MR) is 156 cm³/mol. The first kappa shape index (κ1) is 25.4. The van der Waals surface area contributed by atoms with E-state index in [-0.39, 0.29) is 0 Å². The molecule has 0 saturated heterocycles. The van der Waals surface area contributed by atoms with Gasteiger partial charge in [-0.2, -0.15) is 0 Å². The fourth-order valence-electron chi connectivity index (χ4n) is 5.94. The Morgan fingerprint density at radius 1 is 0.857 bits per heavy atom. The Balaban J connectivity index is 1.94. The molecule has 4 rings (SSSR count). The summed E-state index contributed by atoms with van der Waals surface area (Å²) >= 11 is 0. The molecule has 0 unspecified atom stereocenters. The fraction of sp³-hybridized carbons (Fsp3) is 0.364. The van der Waals surface area contributed by atoms with Crippen LogP contribution in [-0.2, 0) is 7.05 Å². The van der Waals surface area contributed by atoms with Gasteiger partial charge in [0.2, 0.25) is 5.69 Å². The van der Waals surface area contributed by atoms with Gasteiger partial charge in [0.05, 0.1) is 19.0 Å². The third-order valence-electron chi connectivity index (χ3n) is 7.32. The van der Waals surface area contributed by atoms with E-state index in [4.69, 9.17) is 0 Å². The van der Waals surface area contributed by atoms with Gasteiger partial charge in [0.15, 0.2) is 6.20 Å².